The Bertz CT molecular complexity index is 688. The highest BCUT2D eigenvalue weighted by Gasteiger charge is 2.15. The van der Waals surface area contributed by atoms with E-state index in [0.717, 1.165) is 5.69 Å². The minimum Gasteiger partial charge on any atom is -0.374 e. The first kappa shape index (κ1) is 17.0. The van der Waals surface area contributed by atoms with E-state index in [0.29, 0.717) is 17.0 Å². The summed E-state index contributed by atoms with van der Waals surface area (Å²) in [6.45, 7) is 1.89. The molecule has 4 nitrogen and oxygen atoms in total. The number of hydrogen-bond acceptors (Lipinski definition) is 3. The normalized spacial score (nSPS) is 12.1. The monoisotopic (exact) mass is 333 g/mol. The number of anilines is 1. The zero-order valence-electron chi connectivity index (χ0n) is 12.6. The Morgan fingerprint density at radius 3 is 2.70 bits per heavy atom. The van der Waals surface area contributed by atoms with E-state index in [-0.39, 0.29) is 11.7 Å². The third-order valence-corrected chi connectivity index (χ3v) is 3.38. The molecule has 0 saturated heterocycles. The van der Waals surface area contributed by atoms with Crippen LogP contribution in [-0.4, -0.2) is 18.2 Å². The Balaban J connectivity index is 1.93. The molecule has 0 saturated carbocycles. The average molecular weight is 334 g/mol. The number of hydrazone groups is 1. The largest absolute Gasteiger partial charge is 0.374 e. The summed E-state index contributed by atoms with van der Waals surface area (Å²) in [4.78, 5) is 12.1. The summed E-state index contributed by atoms with van der Waals surface area (Å²) < 4.78 is 12.8. The van der Waals surface area contributed by atoms with Crippen molar-refractivity contribution in [3.05, 3.63) is 64.9 Å². The minimum atomic E-state index is -0.432. The summed E-state index contributed by atoms with van der Waals surface area (Å²) in [5.41, 5.74) is 3.94. The van der Waals surface area contributed by atoms with Gasteiger partial charge in [-0.25, -0.2) is 9.82 Å². The van der Waals surface area contributed by atoms with Crippen LogP contribution in [0.2, 0.25) is 5.02 Å². The molecule has 0 spiro atoms. The molecular weight excluding hydrogens is 317 g/mol. The van der Waals surface area contributed by atoms with Gasteiger partial charge in [0.05, 0.1) is 6.21 Å². The topological polar surface area (TPSA) is 53.5 Å². The van der Waals surface area contributed by atoms with Crippen molar-refractivity contribution in [1.82, 2.24) is 5.43 Å². The van der Waals surface area contributed by atoms with Crippen molar-refractivity contribution in [3.8, 4) is 0 Å². The van der Waals surface area contributed by atoms with Crippen LogP contribution in [-0.2, 0) is 4.79 Å². The Hall–Kier alpha value is -2.40. The summed E-state index contributed by atoms with van der Waals surface area (Å²) in [5, 5.41) is 7.59. The van der Waals surface area contributed by atoms with E-state index in [2.05, 4.69) is 15.8 Å². The van der Waals surface area contributed by atoms with Gasteiger partial charge in [0, 0.05) is 10.7 Å². The molecular formula is C17H17ClFN3O. The predicted molar refractivity (Wildman–Crippen MR) is 91.3 cm³/mol. The molecule has 2 rings (SSSR count). The van der Waals surface area contributed by atoms with Crippen molar-refractivity contribution >= 4 is 29.4 Å². The number of hydrogen-bond donors (Lipinski definition) is 2. The number of carbonyl (C=O) groups is 1. The third kappa shape index (κ3) is 5.38. The van der Waals surface area contributed by atoms with Crippen LogP contribution < -0.4 is 10.7 Å². The van der Waals surface area contributed by atoms with Gasteiger partial charge in [-0.05, 0) is 42.3 Å². The van der Waals surface area contributed by atoms with Crippen LogP contribution in [0.4, 0.5) is 10.1 Å². The Morgan fingerprint density at radius 1 is 1.30 bits per heavy atom. The first-order valence-electron chi connectivity index (χ1n) is 7.19. The van der Waals surface area contributed by atoms with E-state index in [1.54, 1.807) is 24.3 Å². The van der Waals surface area contributed by atoms with E-state index in [4.69, 9.17) is 11.6 Å². The third-order valence-electron chi connectivity index (χ3n) is 3.15. The van der Waals surface area contributed by atoms with Crippen molar-refractivity contribution in [1.29, 1.82) is 0 Å². The number of carbonyl (C=O) groups excluding carboxylic acids is 1. The number of amides is 1. The van der Waals surface area contributed by atoms with Gasteiger partial charge in [-0.2, -0.15) is 5.10 Å². The highest BCUT2D eigenvalue weighted by atomic mass is 35.5. The lowest BCUT2D eigenvalue weighted by Crippen LogP contribution is -2.36. The maximum absolute atomic E-state index is 12.8. The molecule has 0 heterocycles. The number of rotatable bonds is 6. The lowest BCUT2D eigenvalue weighted by molar-refractivity contribution is -0.121. The Labute approximate surface area is 139 Å². The van der Waals surface area contributed by atoms with Crippen molar-refractivity contribution in [2.75, 3.05) is 5.32 Å². The molecule has 0 fully saturated rings. The summed E-state index contributed by atoms with van der Waals surface area (Å²) in [6, 6.07) is 12.5. The molecule has 0 bridgehead atoms. The van der Waals surface area contributed by atoms with Crippen LogP contribution in [0.15, 0.2) is 53.6 Å². The quantitative estimate of drug-likeness (QED) is 0.623. The standard InChI is InChI=1S/C17H17ClFN3O/c1-2-16(21-15-5-3-4-13(18)10-15)17(23)22-20-11-12-6-8-14(19)9-7-12/h3-11,16,21H,2H2,1H3,(H,22,23)/t16-/m0/s1. The first-order chi connectivity index (χ1) is 11.1. The summed E-state index contributed by atoms with van der Waals surface area (Å²) in [6.07, 6.45) is 2.05. The average Bonchev–Trinajstić information content (AvgIpc) is 2.54. The van der Waals surface area contributed by atoms with Crippen LogP contribution >= 0.6 is 11.6 Å². The Kier molecular flexibility index (Phi) is 6.11. The first-order valence-corrected chi connectivity index (χ1v) is 7.57. The van der Waals surface area contributed by atoms with Crippen LogP contribution in [0.25, 0.3) is 0 Å². The van der Waals surface area contributed by atoms with Gasteiger partial charge in [-0.3, -0.25) is 4.79 Å². The van der Waals surface area contributed by atoms with E-state index in [1.807, 2.05) is 19.1 Å². The van der Waals surface area contributed by atoms with Gasteiger partial charge in [-0.15, -0.1) is 0 Å². The summed E-state index contributed by atoms with van der Waals surface area (Å²) in [7, 11) is 0. The number of halogens is 2. The van der Waals surface area contributed by atoms with Gasteiger partial charge in [0.25, 0.3) is 5.91 Å². The molecule has 0 unspecified atom stereocenters. The fraction of sp³-hybridized carbons (Fsp3) is 0.176. The number of nitrogens with zero attached hydrogens (tertiary/aromatic N) is 1. The van der Waals surface area contributed by atoms with E-state index in [9.17, 15) is 9.18 Å². The van der Waals surface area contributed by atoms with Gasteiger partial charge in [0.1, 0.15) is 11.9 Å². The zero-order valence-corrected chi connectivity index (χ0v) is 13.3. The second-order valence-corrected chi connectivity index (χ2v) is 5.34. The van der Waals surface area contributed by atoms with Crippen LogP contribution in [0.5, 0.6) is 0 Å². The maximum Gasteiger partial charge on any atom is 0.262 e. The summed E-state index contributed by atoms with van der Waals surface area (Å²) in [5.74, 6) is -0.575. The lowest BCUT2D eigenvalue weighted by atomic mass is 10.2. The predicted octanol–water partition coefficient (Wildman–Crippen LogP) is 3.82. The number of nitrogens with one attached hydrogen (secondary N) is 2. The molecule has 0 radical (unpaired) electrons. The lowest BCUT2D eigenvalue weighted by Gasteiger charge is -2.16. The molecule has 120 valence electrons. The van der Waals surface area contributed by atoms with Gasteiger partial charge < -0.3 is 5.32 Å². The van der Waals surface area contributed by atoms with Crippen LogP contribution in [0, 0.1) is 5.82 Å². The molecule has 0 aliphatic carbocycles. The smallest absolute Gasteiger partial charge is 0.262 e. The molecule has 0 aliphatic heterocycles. The van der Waals surface area contributed by atoms with Gasteiger partial charge >= 0.3 is 0 Å². The SMILES string of the molecule is CC[C@H](Nc1cccc(Cl)c1)C(=O)NN=Cc1ccc(F)cc1. The molecule has 2 N–H and O–H groups in total. The fourth-order valence-corrected chi connectivity index (χ4v) is 2.12. The molecule has 1 amide bonds. The molecule has 0 aliphatic rings. The second kappa shape index (κ2) is 8.29. The molecule has 23 heavy (non-hydrogen) atoms. The van der Waals surface area contributed by atoms with Crippen molar-refractivity contribution in [3.63, 3.8) is 0 Å². The van der Waals surface area contributed by atoms with E-state index >= 15 is 0 Å². The van der Waals surface area contributed by atoms with Crippen molar-refractivity contribution in [2.45, 2.75) is 19.4 Å². The molecule has 2 aromatic carbocycles. The molecule has 2 aromatic rings. The second-order valence-electron chi connectivity index (χ2n) is 4.90. The van der Waals surface area contributed by atoms with Gasteiger partial charge in [-0.1, -0.05) is 36.7 Å². The van der Waals surface area contributed by atoms with E-state index < -0.39 is 6.04 Å². The van der Waals surface area contributed by atoms with Crippen molar-refractivity contribution < 1.29 is 9.18 Å². The molecule has 0 aromatic heterocycles. The molecule has 1 atom stereocenters. The zero-order chi connectivity index (χ0) is 16.7. The Morgan fingerprint density at radius 2 is 2.04 bits per heavy atom. The van der Waals surface area contributed by atoms with Crippen LogP contribution in [0.3, 0.4) is 0 Å². The van der Waals surface area contributed by atoms with Gasteiger partial charge in [0.15, 0.2) is 0 Å². The van der Waals surface area contributed by atoms with Gasteiger partial charge in [0.2, 0.25) is 0 Å². The molecule has 6 heteroatoms. The minimum absolute atomic E-state index is 0.258. The van der Waals surface area contributed by atoms with E-state index in [1.165, 1.54) is 18.3 Å². The fourth-order valence-electron chi connectivity index (χ4n) is 1.93. The highest BCUT2D eigenvalue weighted by molar-refractivity contribution is 6.30. The maximum atomic E-state index is 12.8. The highest BCUT2D eigenvalue weighted by Crippen LogP contribution is 2.16. The van der Waals surface area contributed by atoms with Crippen molar-refractivity contribution in [2.24, 2.45) is 5.10 Å². The summed E-state index contributed by atoms with van der Waals surface area (Å²) >= 11 is 5.92. The van der Waals surface area contributed by atoms with Crippen LogP contribution in [0.1, 0.15) is 18.9 Å². The number of benzene rings is 2.